The van der Waals surface area contributed by atoms with E-state index in [4.69, 9.17) is 4.74 Å². The zero-order chi connectivity index (χ0) is 17.2. The van der Waals surface area contributed by atoms with Crippen LogP contribution in [0.1, 0.15) is 38.0 Å². The number of hydrogen-bond acceptors (Lipinski definition) is 6. The lowest BCUT2D eigenvalue weighted by Crippen LogP contribution is -2.36. The SMILES string of the molecule is CN(Cc1cc(-c2nn[nH]n2)cs1)C(=O)CC1CCC(C)(C)CO1. The number of nitrogens with one attached hydrogen (secondary N) is 1. The maximum Gasteiger partial charge on any atom is 0.225 e. The van der Waals surface area contributed by atoms with E-state index in [1.54, 1.807) is 16.2 Å². The van der Waals surface area contributed by atoms with E-state index in [2.05, 4.69) is 34.5 Å². The van der Waals surface area contributed by atoms with Crippen LogP contribution in [-0.4, -0.2) is 51.2 Å². The summed E-state index contributed by atoms with van der Waals surface area (Å²) in [5, 5.41) is 15.9. The van der Waals surface area contributed by atoms with Gasteiger partial charge in [0.05, 0.1) is 25.7 Å². The zero-order valence-electron chi connectivity index (χ0n) is 14.3. The second-order valence-corrected chi connectivity index (χ2v) is 8.12. The van der Waals surface area contributed by atoms with Crippen LogP contribution in [0.2, 0.25) is 0 Å². The molecule has 1 fully saturated rings. The van der Waals surface area contributed by atoms with Crippen LogP contribution in [-0.2, 0) is 16.1 Å². The first-order valence-corrected chi connectivity index (χ1v) is 8.98. The molecule has 130 valence electrons. The monoisotopic (exact) mass is 349 g/mol. The molecule has 0 bridgehead atoms. The Kier molecular flexibility index (Phi) is 4.96. The van der Waals surface area contributed by atoms with Gasteiger partial charge in [0.1, 0.15) is 0 Å². The van der Waals surface area contributed by atoms with Crippen LogP contribution in [0.15, 0.2) is 11.4 Å². The van der Waals surface area contributed by atoms with Crippen LogP contribution >= 0.6 is 11.3 Å². The smallest absolute Gasteiger partial charge is 0.225 e. The van der Waals surface area contributed by atoms with Gasteiger partial charge in [-0.2, -0.15) is 5.21 Å². The molecule has 0 saturated carbocycles. The van der Waals surface area contributed by atoms with Crippen molar-refractivity contribution in [1.29, 1.82) is 0 Å². The highest BCUT2D eigenvalue weighted by Crippen LogP contribution is 2.31. The summed E-state index contributed by atoms with van der Waals surface area (Å²) in [4.78, 5) is 15.3. The van der Waals surface area contributed by atoms with E-state index >= 15 is 0 Å². The van der Waals surface area contributed by atoms with Gasteiger partial charge < -0.3 is 9.64 Å². The summed E-state index contributed by atoms with van der Waals surface area (Å²) in [5.74, 6) is 0.693. The molecule has 2 aromatic heterocycles. The van der Waals surface area contributed by atoms with Gasteiger partial charge in [0.2, 0.25) is 11.7 Å². The highest BCUT2D eigenvalue weighted by atomic mass is 32.1. The standard InChI is InChI=1S/C16H23N5O2S/c1-16(2)5-4-12(23-10-16)7-14(22)21(3)8-13-6-11(9-24-13)15-17-19-20-18-15/h6,9,12H,4-5,7-8,10H2,1-3H3,(H,17,18,19,20). The zero-order valence-corrected chi connectivity index (χ0v) is 15.1. The minimum absolute atomic E-state index is 0.0474. The second kappa shape index (κ2) is 6.98. The number of carbonyl (C=O) groups is 1. The van der Waals surface area contributed by atoms with Gasteiger partial charge in [-0.1, -0.05) is 13.8 Å². The molecule has 1 atom stereocenters. The van der Waals surface area contributed by atoms with Gasteiger partial charge >= 0.3 is 0 Å². The van der Waals surface area contributed by atoms with Gasteiger partial charge in [-0.3, -0.25) is 4.79 Å². The highest BCUT2D eigenvalue weighted by Gasteiger charge is 2.29. The molecule has 2 aromatic rings. The minimum Gasteiger partial charge on any atom is -0.377 e. The molecule has 0 radical (unpaired) electrons. The number of hydrogen-bond donors (Lipinski definition) is 1. The molecule has 1 amide bonds. The third-order valence-electron chi connectivity index (χ3n) is 4.33. The number of aromatic amines is 1. The van der Waals surface area contributed by atoms with E-state index in [1.165, 1.54) is 0 Å². The molecule has 3 rings (SSSR count). The summed E-state index contributed by atoms with van der Waals surface area (Å²) in [6.45, 7) is 5.72. The predicted molar refractivity (Wildman–Crippen MR) is 91.3 cm³/mol. The lowest BCUT2D eigenvalue weighted by atomic mass is 9.85. The quantitative estimate of drug-likeness (QED) is 0.896. The predicted octanol–water partition coefficient (Wildman–Crippen LogP) is 2.48. The van der Waals surface area contributed by atoms with Gasteiger partial charge in [0, 0.05) is 22.9 Å². The Balaban J connectivity index is 1.51. The molecule has 1 aliphatic heterocycles. The van der Waals surface area contributed by atoms with Crippen molar-refractivity contribution in [3.8, 4) is 11.4 Å². The summed E-state index contributed by atoms with van der Waals surface area (Å²) >= 11 is 1.59. The highest BCUT2D eigenvalue weighted by molar-refractivity contribution is 7.10. The number of rotatable bonds is 5. The average molecular weight is 349 g/mol. The molecular weight excluding hydrogens is 326 g/mol. The van der Waals surface area contributed by atoms with Crippen LogP contribution < -0.4 is 0 Å². The Labute approximate surface area is 145 Å². The fourth-order valence-corrected chi connectivity index (χ4v) is 3.66. The molecule has 3 heterocycles. The number of H-pyrrole nitrogens is 1. The van der Waals surface area contributed by atoms with Crippen LogP contribution in [0.5, 0.6) is 0 Å². The van der Waals surface area contributed by atoms with Crippen molar-refractivity contribution in [3.05, 3.63) is 16.3 Å². The molecule has 24 heavy (non-hydrogen) atoms. The minimum atomic E-state index is 0.0474. The fraction of sp³-hybridized carbons (Fsp3) is 0.625. The molecule has 1 unspecified atom stereocenters. The summed E-state index contributed by atoms with van der Waals surface area (Å²) in [6, 6.07) is 2.00. The van der Waals surface area contributed by atoms with Crippen molar-refractivity contribution in [2.24, 2.45) is 5.41 Å². The van der Waals surface area contributed by atoms with E-state index in [0.29, 0.717) is 18.8 Å². The number of aromatic nitrogens is 4. The third-order valence-corrected chi connectivity index (χ3v) is 5.25. The van der Waals surface area contributed by atoms with E-state index in [9.17, 15) is 4.79 Å². The maximum atomic E-state index is 12.4. The molecule has 0 aromatic carbocycles. The van der Waals surface area contributed by atoms with Gasteiger partial charge in [-0.15, -0.1) is 21.5 Å². The van der Waals surface area contributed by atoms with Crippen molar-refractivity contribution in [3.63, 3.8) is 0 Å². The van der Waals surface area contributed by atoms with Crippen LogP contribution in [0.4, 0.5) is 0 Å². The number of carbonyl (C=O) groups excluding carboxylic acids is 1. The van der Waals surface area contributed by atoms with Gasteiger partial charge in [-0.05, 0) is 29.5 Å². The van der Waals surface area contributed by atoms with Gasteiger partial charge in [0.25, 0.3) is 0 Å². The summed E-state index contributed by atoms with van der Waals surface area (Å²) in [6.07, 6.45) is 2.56. The second-order valence-electron chi connectivity index (χ2n) is 7.13. The molecule has 0 aliphatic carbocycles. The fourth-order valence-electron chi connectivity index (χ4n) is 2.75. The Hall–Kier alpha value is -1.80. The number of nitrogens with zero attached hydrogens (tertiary/aromatic N) is 4. The molecule has 1 aliphatic rings. The number of tetrazole rings is 1. The first kappa shape index (κ1) is 17.0. The molecule has 1 N–H and O–H groups in total. The molecular formula is C16H23N5O2S. The normalized spacial score (nSPS) is 20.0. The van der Waals surface area contributed by atoms with Gasteiger partial charge in [0.15, 0.2) is 0 Å². The Morgan fingerprint density at radius 2 is 2.38 bits per heavy atom. The first-order chi connectivity index (χ1) is 11.4. The topological polar surface area (TPSA) is 84.0 Å². The van der Waals surface area contributed by atoms with Crippen molar-refractivity contribution in [2.75, 3.05) is 13.7 Å². The number of ether oxygens (including phenoxy) is 1. The van der Waals surface area contributed by atoms with Crippen LogP contribution in [0, 0.1) is 5.41 Å². The van der Waals surface area contributed by atoms with Crippen molar-refractivity contribution in [2.45, 2.75) is 45.8 Å². The van der Waals surface area contributed by atoms with E-state index in [1.807, 2.05) is 18.5 Å². The lowest BCUT2D eigenvalue weighted by molar-refractivity contribution is -0.136. The van der Waals surface area contributed by atoms with Crippen molar-refractivity contribution < 1.29 is 9.53 Å². The van der Waals surface area contributed by atoms with Crippen LogP contribution in [0.3, 0.4) is 0 Å². The first-order valence-electron chi connectivity index (χ1n) is 8.10. The molecule has 1 saturated heterocycles. The number of thiophene rings is 1. The third kappa shape index (κ3) is 4.18. The Morgan fingerprint density at radius 1 is 1.54 bits per heavy atom. The summed E-state index contributed by atoms with van der Waals surface area (Å²) < 4.78 is 5.85. The molecule has 7 nitrogen and oxygen atoms in total. The summed E-state index contributed by atoms with van der Waals surface area (Å²) in [5.41, 5.74) is 1.15. The molecule has 0 spiro atoms. The Bertz CT molecular complexity index is 672. The van der Waals surface area contributed by atoms with E-state index < -0.39 is 0 Å². The molecule has 8 heteroatoms. The summed E-state index contributed by atoms with van der Waals surface area (Å²) in [7, 11) is 1.84. The largest absolute Gasteiger partial charge is 0.377 e. The van der Waals surface area contributed by atoms with E-state index in [-0.39, 0.29) is 17.4 Å². The van der Waals surface area contributed by atoms with E-state index in [0.717, 1.165) is 29.9 Å². The lowest BCUT2D eigenvalue weighted by Gasteiger charge is -2.34. The number of amides is 1. The van der Waals surface area contributed by atoms with Crippen LogP contribution in [0.25, 0.3) is 11.4 Å². The van der Waals surface area contributed by atoms with Crippen molar-refractivity contribution in [1.82, 2.24) is 25.5 Å². The van der Waals surface area contributed by atoms with Crippen molar-refractivity contribution >= 4 is 17.2 Å². The van der Waals surface area contributed by atoms with Gasteiger partial charge in [-0.25, -0.2) is 0 Å². The average Bonchev–Trinajstić information content (AvgIpc) is 3.20. The Morgan fingerprint density at radius 3 is 3.04 bits per heavy atom. The maximum absolute atomic E-state index is 12.4.